The van der Waals surface area contributed by atoms with Gasteiger partial charge in [-0.2, -0.15) is 0 Å². The number of hydrogen-bond donors (Lipinski definition) is 1. The number of fused-ring (bicyclic) bond motifs is 2. The van der Waals surface area contributed by atoms with Crippen molar-refractivity contribution in [1.82, 2.24) is 10.2 Å². The molecular weight excluding hydrogens is 320 g/mol. The van der Waals surface area contributed by atoms with Crippen LogP contribution in [-0.4, -0.2) is 35.8 Å². The van der Waals surface area contributed by atoms with Crippen molar-refractivity contribution in [2.75, 3.05) is 13.1 Å². The van der Waals surface area contributed by atoms with E-state index in [1.807, 2.05) is 4.90 Å². The Morgan fingerprint density at radius 3 is 3.12 bits per heavy atom. The molecule has 2 aromatic rings. The zero-order chi connectivity index (χ0) is 16.5. The first-order valence-corrected chi connectivity index (χ1v) is 9.64. The van der Waals surface area contributed by atoms with E-state index in [4.69, 9.17) is 0 Å². The van der Waals surface area contributed by atoms with E-state index in [9.17, 15) is 9.59 Å². The Morgan fingerprint density at radius 1 is 1.33 bits per heavy atom. The molecule has 3 heterocycles. The van der Waals surface area contributed by atoms with E-state index in [0.29, 0.717) is 13.0 Å². The molecule has 2 fully saturated rings. The van der Waals surface area contributed by atoms with Gasteiger partial charge in [-0.25, -0.2) is 0 Å². The predicted molar refractivity (Wildman–Crippen MR) is 96.0 cm³/mol. The Balaban J connectivity index is 1.36. The Hall–Kier alpha value is -1.88. The van der Waals surface area contributed by atoms with Gasteiger partial charge in [0, 0.05) is 24.2 Å². The molecule has 2 saturated heterocycles. The molecule has 0 radical (unpaired) electrons. The molecule has 5 heteroatoms. The van der Waals surface area contributed by atoms with Gasteiger partial charge in [0.1, 0.15) is 0 Å². The van der Waals surface area contributed by atoms with E-state index < -0.39 is 0 Å². The molecule has 0 bridgehead atoms. The molecule has 2 aliphatic heterocycles. The normalized spacial score (nSPS) is 23.3. The second-order valence-corrected chi connectivity index (χ2v) is 7.67. The van der Waals surface area contributed by atoms with Crippen molar-refractivity contribution < 1.29 is 9.59 Å². The van der Waals surface area contributed by atoms with E-state index in [2.05, 4.69) is 35.0 Å². The summed E-state index contributed by atoms with van der Waals surface area (Å²) in [5.41, 5.74) is 1.35. The molecule has 4 rings (SSSR count). The number of piperidine rings is 1. The van der Waals surface area contributed by atoms with Crippen LogP contribution in [0.25, 0.3) is 10.1 Å². The average Bonchev–Trinajstić information content (AvgIpc) is 3.19. The minimum absolute atomic E-state index is 0.0171. The topological polar surface area (TPSA) is 49.4 Å². The molecule has 0 aliphatic carbocycles. The summed E-state index contributed by atoms with van der Waals surface area (Å²) in [6.45, 7) is 1.43. The van der Waals surface area contributed by atoms with Crippen LogP contribution in [0, 0.1) is 5.92 Å². The van der Waals surface area contributed by atoms with Crippen molar-refractivity contribution in [2.24, 2.45) is 5.92 Å². The van der Waals surface area contributed by atoms with Gasteiger partial charge < -0.3 is 10.2 Å². The summed E-state index contributed by atoms with van der Waals surface area (Å²) in [5, 5.41) is 6.45. The van der Waals surface area contributed by atoms with Gasteiger partial charge in [0.05, 0.1) is 12.0 Å². The van der Waals surface area contributed by atoms with Gasteiger partial charge in [0.2, 0.25) is 11.8 Å². The summed E-state index contributed by atoms with van der Waals surface area (Å²) < 4.78 is 1.31. The minimum Gasteiger partial charge on any atom is -0.354 e. The predicted octanol–water partition coefficient (Wildman–Crippen LogP) is 2.96. The van der Waals surface area contributed by atoms with Crippen molar-refractivity contribution in [1.29, 1.82) is 0 Å². The first-order chi connectivity index (χ1) is 11.7. The lowest BCUT2D eigenvalue weighted by molar-refractivity contribution is -0.136. The Bertz CT molecular complexity index is 770. The van der Waals surface area contributed by atoms with Gasteiger partial charge in [-0.15, -0.1) is 11.3 Å². The molecule has 126 valence electrons. The third kappa shape index (κ3) is 2.81. The van der Waals surface area contributed by atoms with Crippen molar-refractivity contribution in [3.63, 3.8) is 0 Å². The molecule has 1 aromatic carbocycles. The van der Waals surface area contributed by atoms with Crippen LogP contribution in [0.4, 0.5) is 0 Å². The second-order valence-electron chi connectivity index (χ2n) is 6.76. The Labute approximate surface area is 145 Å². The fourth-order valence-electron chi connectivity index (χ4n) is 4.06. The number of nitrogens with one attached hydrogen (secondary N) is 1. The Morgan fingerprint density at radius 2 is 2.21 bits per heavy atom. The highest BCUT2D eigenvalue weighted by Gasteiger charge is 2.42. The molecule has 2 atom stereocenters. The van der Waals surface area contributed by atoms with Crippen LogP contribution in [0.5, 0.6) is 0 Å². The highest BCUT2D eigenvalue weighted by atomic mass is 32.1. The first-order valence-electron chi connectivity index (χ1n) is 8.76. The molecule has 1 aromatic heterocycles. The highest BCUT2D eigenvalue weighted by Crippen LogP contribution is 2.29. The first kappa shape index (κ1) is 15.6. The SMILES string of the molecule is O=C1NC[C@@H]2[C@H]1CCCN2C(=O)CCCc1csc2ccccc12. The fourth-order valence-corrected chi connectivity index (χ4v) is 5.06. The van der Waals surface area contributed by atoms with Crippen LogP contribution in [-0.2, 0) is 16.0 Å². The maximum Gasteiger partial charge on any atom is 0.225 e. The van der Waals surface area contributed by atoms with Gasteiger partial charge in [0.25, 0.3) is 0 Å². The number of aryl methyl sites for hydroxylation is 1. The van der Waals surface area contributed by atoms with Crippen molar-refractivity contribution in [2.45, 2.75) is 38.1 Å². The molecule has 1 N–H and O–H groups in total. The van der Waals surface area contributed by atoms with Crippen molar-refractivity contribution in [3.8, 4) is 0 Å². The second kappa shape index (κ2) is 6.55. The maximum atomic E-state index is 12.6. The zero-order valence-electron chi connectivity index (χ0n) is 13.7. The van der Waals surface area contributed by atoms with Gasteiger partial charge in [0.15, 0.2) is 0 Å². The van der Waals surface area contributed by atoms with Gasteiger partial charge in [-0.3, -0.25) is 9.59 Å². The van der Waals surface area contributed by atoms with Crippen LogP contribution in [0.1, 0.15) is 31.2 Å². The molecule has 2 aliphatic rings. The summed E-state index contributed by atoms with van der Waals surface area (Å²) in [6.07, 6.45) is 4.24. The van der Waals surface area contributed by atoms with Crippen LogP contribution in [0.15, 0.2) is 29.6 Å². The summed E-state index contributed by atoms with van der Waals surface area (Å²) >= 11 is 1.77. The van der Waals surface area contributed by atoms with E-state index in [1.54, 1.807) is 11.3 Å². The average molecular weight is 342 g/mol. The Kier molecular flexibility index (Phi) is 4.27. The lowest BCUT2D eigenvalue weighted by Crippen LogP contribution is -2.48. The van der Waals surface area contributed by atoms with Crippen molar-refractivity contribution in [3.05, 3.63) is 35.2 Å². The number of carbonyl (C=O) groups is 2. The quantitative estimate of drug-likeness (QED) is 0.929. The molecule has 0 saturated carbocycles. The number of benzene rings is 1. The summed E-state index contributed by atoms with van der Waals surface area (Å²) in [7, 11) is 0. The lowest BCUT2D eigenvalue weighted by Gasteiger charge is -2.36. The number of hydrogen-bond acceptors (Lipinski definition) is 3. The van der Waals surface area contributed by atoms with Crippen LogP contribution in [0.3, 0.4) is 0 Å². The molecule has 4 nitrogen and oxygen atoms in total. The standard InChI is InChI=1S/C19H22N2O2S/c22-18(21-10-4-7-15-16(21)11-20-19(15)23)9-3-5-13-12-24-17-8-2-1-6-14(13)17/h1-2,6,8,12,15-16H,3-5,7,9-11H2,(H,20,23)/t15-,16-/m1/s1. The number of carbonyl (C=O) groups excluding carboxylic acids is 2. The molecule has 2 amide bonds. The van der Waals surface area contributed by atoms with E-state index >= 15 is 0 Å². The third-order valence-electron chi connectivity index (χ3n) is 5.32. The molecule has 24 heavy (non-hydrogen) atoms. The number of rotatable bonds is 4. The lowest BCUT2D eigenvalue weighted by atomic mass is 9.91. The zero-order valence-corrected chi connectivity index (χ0v) is 14.5. The monoisotopic (exact) mass is 342 g/mol. The number of thiophene rings is 1. The number of nitrogens with zero attached hydrogens (tertiary/aromatic N) is 1. The van der Waals surface area contributed by atoms with E-state index in [1.165, 1.54) is 15.6 Å². The summed E-state index contributed by atoms with van der Waals surface area (Å²) in [4.78, 5) is 26.4. The maximum absolute atomic E-state index is 12.6. The largest absolute Gasteiger partial charge is 0.354 e. The van der Waals surface area contributed by atoms with Gasteiger partial charge in [-0.05, 0) is 48.1 Å². The van der Waals surface area contributed by atoms with Crippen LogP contribution in [0.2, 0.25) is 0 Å². The molecular formula is C19H22N2O2S. The van der Waals surface area contributed by atoms with E-state index in [-0.39, 0.29) is 23.8 Å². The minimum atomic E-state index is 0.0171. The summed E-state index contributed by atoms with van der Waals surface area (Å²) in [6, 6.07) is 8.53. The molecule has 0 spiro atoms. The van der Waals surface area contributed by atoms with E-state index in [0.717, 1.165) is 32.2 Å². The molecule has 0 unspecified atom stereocenters. The van der Waals surface area contributed by atoms with Crippen LogP contribution < -0.4 is 5.32 Å². The van der Waals surface area contributed by atoms with Gasteiger partial charge >= 0.3 is 0 Å². The van der Waals surface area contributed by atoms with Crippen molar-refractivity contribution >= 4 is 33.2 Å². The van der Waals surface area contributed by atoms with Crippen LogP contribution >= 0.6 is 11.3 Å². The summed E-state index contributed by atoms with van der Waals surface area (Å²) in [5.74, 6) is 0.353. The smallest absolute Gasteiger partial charge is 0.225 e. The van der Waals surface area contributed by atoms with Gasteiger partial charge in [-0.1, -0.05) is 18.2 Å². The highest BCUT2D eigenvalue weighted by molar-refractivity contribution is 7.17. The fraction of sp³-hybridized carbons (Fsp3) is 0.474. The number of amides is 2. The third-order valence-corrected chi connectivity index (χ3v) is 6.33. The number of likely N-dealkylation sites (tertiary alicyclic amines) is 1.